The van der Waals surface area contributed by atoms with Gasteiger partial charge in [-0.25, -0.2) is 18.6 Å². The third-order valence-corrected chi connectivity index (χ3v) is 3.25. The molecule has 3 nitrogen and oxygen atoms in total. The molecule has 20 heavy (non-hydrogen) atoms. The van der Waals surface area contributed by atoms with Crippen molar-refractivity contribution in [1.29, 1.82) is 0 Å². The van der Waals surface area contributed by atoms with Gasteiger partial charge in [0.2, 0.25) is 0 Å². The lowest BCUT2D eigenvalue weighted by Gasteiger charge is -2.13. The smallest absolute Gasteiger partial charge is 0.336 e. The van der Waals surface area contributed by atoms with Crippen LogP contribution in [0.2, 0.25) is 0 Å². The maximum absolute atomic E-state index is 13.9. The maximum atomic E-state index is 13.9. The Bertz CT molecular complexity index is 683. The van der Waals surface area contributed by atoms with Gasteiger partial charge in [0, 0.05) is 17.1 Å². The molecule has 2 aromatic rings. The highest BCUT2D eigenvalue weighted by molar-refractivity contribution is 6.04. The third-order valence-electron chi connectivity index (χ3n) is 3.25. The first kappa shape index (κ1) is 14.4. The van der Waals surface area contributed by atoms with E-state index in [0.29, 0.717) is 24.1 Å². The van der Waals surface area contributed by atoms with Crippen molar-refractivity contribution in [3.8, 4) is 0 Å². The van der Waals surface area contributed by atoms with Crippen LogP contribution in [0.25, 0.3) is 10.9 Å². The van der Waals surface area contributed by atoms with Crippen molar-refractivity contribution in [2.24, 2.45) is 0 Å². The standard InChI is InChI=1S/C15H15F2NO2/c1-3-5-12-9(4-2)13(15(19)20)10-6-8(16)7-11(17)14(10)18-12/h6-7H,3-5H2,1-2H3,(H,19,20). The van der Waals surface area contributed by atoms with Crippen molar-refractivity contribution < 1.29 is 18.7 Å². The topological polar surface area (TPSA) is 50.2 Å². The first-order valence-electron chi connectivity index (χ1n) is 6.53. The molecule has 1 heterocycles. The van der Waals surface area contributed by atoms with Crippen molar-refractivity contribution in [2.75, 3.05) is 0 Å². The van der Waals surface area contributed by atoms with Gasteiger partial charge in [-0.2, -0.15) is 0 Å². The summed E-state index contributed by atoms with van der Waals surface area (Å²) in [7, 11) is 0. The maximum Gasteiger partial charge on any atom is 0.336 e. The highest BCUT2D eigenvalue weighted by atomic mass is 19.1. The highest BCUT2D eigenvalue weighted by Crippen LogP contribution is 2.27. The van der Waals surface area contributed by atoms with E-state index in [2.05, 4.69) is 4.98 Å². The Morgan fingerprint density at radius 3 is 2.55 bits per heavy atom. The van der Waals surface area contributed by atoms with Crippen LogP contribution in [0.15, 0.2) is 12.1 Å². The van der Waals surface area contributed by atoms with Gasteiger partial charge >= 0.3 is 5.97 Å². The van der Waals surface area contributed by atoms with Crippen LogP contribution in [0.1, 0.15) is 41.9 Å². The lowest BCUT2D eigenvalue weighted by Crippen LogP contribution is -2.10. The Labute approximate surface area is 115 Å². The second kappa shape index (κ2) is 5.53. The molecule has 0 fully saturated rings. The van der Waals surface area contributed by atoms with Crippen LogP contribution >= 0.6 is 0 Å². The molecule has 0 saturated carbocycles. The zero-order valence-electron chi connectivity index (χ0n) is 11.3. The molecule has 0 bridgehead atoms. The Morgan fingerprint density at radius 2 is 2.00 bits per heavy atom. The summed E-state index contributed by atoms with van der Waals surface area (Å²) >= 11 is 0. The molecule has 0 aliphatic carbocycles. The van der Waals surface area contributed by atoms with Crippen LogP contribution in [-0.2, 0) is 12.8 Å². The summed E-state index contributed by atoms with van der Waals surface area (Å²) in [6, 6.07) is 1.76. The van der Waals surface area contributed by atoms with Crippen LogP contribution in [0.3, 0.4) is 0 Å². The highest BCUT2D eigenvalue weighted by Gasteiger charge is 2.21. The Hall–Kier alpha value is -2.04. The van der Waals surface area contributed by atoms with Crippen molar-refractivity contribution >= 4 is 16.9 Å². The van der Waals surface area contributed by atoms with E-state index in [1.54, 1.807) is 0 Å². The Kier molecular flexibility index (Phi) is 3.97. The first-order valence-corrected chi connectivity index (χ1v) is 6.53. The number of nitrogens with zero attached hydrogens (tertiary/aromatic N) is 1. The van der Waals surface area contributed by atoms with Crippen LogP contribution in [0.5, 0.6) is 0 Å². The van der Waals surface area contributed by atoms with Gasteiger partial charge in [0.1, 0.15) is 11.3 Å². The van der Waals surface area contributed by atoms with Gasteiger partial charge in [-0.3, -0.25) is 0 Å². The minimum atomic E-state index is -1.18. The predicted octanol–water partition coefficient (Wildman–Crippen LogP) is 3.73. The average Bonchev–Trinajstić information content (AvgIpc) is 2.38. The Balaban J connectivity index is 2.94. The second-order valence-corrected chi connectivity index (χ2v) is 4.60. The molecule has 5 heteroatoms. The van der Waals surface area contributed by atoms with E-state index in [9.17, 15) is 18.7 Å². The van der Waals surface area contributed by atoms with Gasteiger partial charge in [0.05, 0.1) is 5.56 Å². The minimum Gasteiger partial charge on any atom is -0.478 e. The largest absolute Gasteiger partial charge is 0.478 e. The van der Waals surface area contributed by atoms with Gasteiger partial charge in [0.15, 0.2) is 5.82 Å². The van der Waals surface area contributed by atoms with Gasteiger partial charge < -0.3 is 5.11 Å². The molecule has 0 saturated heterocycles. The quantitative estimate of drug-likeness (QED) is 0.927. The van der Waals surface area contributed by atoms with E-state index in [-0.39, 0.29) is 16.5 Å². The summed E-state index contributed by atoms with van der Waals surface area (Å²) < 4.78 is 27.2. The molecule has 0 spiro atoms. The number of aromatic carboxylic acids is 1. The van der Waals surface area contributed by atoms with Crippen LogP contribution < -0.4 is 0 Å². The lowest BCUT2D eigenvalue weighted by atomic mass is 9.96. The van der Waals surface area contributed by atoms with E-state index in [1.807, 2.05) is 13.8 Å². The van der Waals surface area contributed by atoms with Crippen LogP contribution in [0.4, 0.5) is 8.78 Å². The Morgan fingerprint density at radius 1 is 1.30 bits per heavy atom. The number of rotatable bonds is 4. The van der Waals surface area contributed by atoms with Crippen molar-refractivity contribution in [3.05, 3.63) is 40.6 Å². The number of aryl methyl sites for hydroxylation is 1. The number of carbonyl (C=O) groups is 1. The first-order chi connectivity index (χ1) is 9.49. The van der Waals surface area contributed by atoms with Crippen molar-refractivity contribution in [1.82, 2.24) is 4.98 Å². The van der Waals surface area contributed by atoms with Crippen molar-refractivity contribution in [2.45, 2.75) is 33.1 Å². The zero-order chi connectivity index (χ0) is 14.9. The van der Waals surface area contributed by atoms with Gasteiger partial charge in [-0.15, -0.1) is 0 Å². The van der Waals surface area contributed by atoms with E-state index in [4.69, 9.17) is 0 Å². The molecule has 0 amide bonds. The predicted molar refractivity (Wildman–Crippen MR) is 72.0 cm³/mol. The molecular weight excluding hydrogens is 264 g/mol. The monoisotopic (exact) mass is 279 g/mol. The molecule has 0 radical (unpaired) electrons. The molecule has 1 aromatic heterocycles. The molecule has 0 aliphatic rings. The minimum absolute atomic E-state index is 0.0201. The van der Waals surface area contributed by atoms with Gasteiger partial charge in [0.25, 0.3) is 0 Å². The number of fused-ring (bicyclic) bond motifs is 1. The fraction of sp³-hybridized carbons (Fsp3) is 0.333. The number of carboxylic acid groups (broad SMARTS) is 1. The fourth-order valence-electron chi connectivity index (χ4n) is 2.45. The average molecular weight is 279 g/mol. The number of benzene rings is 1. The van der Waals surface area contributed by atoms with E-state index in [1.165, 1.54) is 0 Å². The third kappa shape index (κ3) is 2.35. The zero-order valence-corrected chi connectivity index (χ0v) is 11.3. The summed E-state index contributed by atoms with van der Waals surface area (Å²) in [5.74, 6) is -2.82. The number of aromatic nitrogens is 1. The van der Waals surface area contributed by atoms with Crippen LogP contribution in [0, 0.1) is 11.6 Å². The fourth-order valence-corrected chi connectivity index (χ4v) is 2.45. The molecule has 0 atom stereocenters. The summed E-state index contributed by atoms with van der Waals surface area (Å²) in [6.45, 7) is 3.75. The number of hydrogen-bond donors (Lipinski definition) is 1. The summed E-state index contributed by atoms with van der Waals surface area (Å²) in [4.78, 5) is 15.7. The summed E-state index contributed by atoms with van der Waals surface area (Å²) in [5, 5.41) is 9.42. The normalized spacial score (nSPS) is 11.0. The van der Waals surface area contributed by atoms with E-state index >= 15 is 0 Å². The molecular formula is C15H15F2NO2. The second-order valence-electron chi connectivity index (χ2n) is 4.60. The van der Waals surface area contributed by atoms with E-state index in [0.717, 1.165) is 18.6 Å². The molecule has 0 aliphatic heterocycles. The number of hydrogen-bond acceptors (Lipinski definition) is 2. The number of halogens is 2. The SMILES string of the molecule is CCCc1nc2c(F)cc(F)cc2c(C(=O)O)c1CC. The van der Waals surface area contributed by atoms with Gasteiger partial charge in [-0.05, 0) is 24.5 Å². The summed E-state index contributed by atoms with van der Waals surface area (Å²) in [6.07, 6.45) is 1.79. The molecule has 106 valence electrons. The lowest BCUT2D eigenvalue weighted by molar-refractivity contribution is 0.0697. The molecule has 1 N–H and O–H groups in total. The van der Waals surface area contributed by atoms with Crippen molar-refractivity contribution in [3.63, 3.8) is 0 Å². The molecule has 1 aromatic carbocycles. The van der Waals surface area contributed by atoms with E-state index < -0.39 is 17.6 Å². The summed E-state index contributed by atoms with van der Waals surface area (Å²) in [5.41, 5.74) is 1.01. The molecule has 2 rings (SSSR count). The van der Waals surface area contributed by atoms with Gasteiger partial charge in [-0.1, -0.05) is 20.3 Å². The molecule has 0 unspecified atom stereocenters. The number of carboxylic acids is 1. The van der Waals surface area contributed by atoms with Crippen LogP contribution in [-0.4, -0.2) is 16.1 Å². The number of pyridine rings is 1.